The summed E-state index contributed by atoms with van der Waals surface area (Å²) in [5.41, 5.74) is 2.10. The molecule has 0 saturated heterocycles. The van der Waals surface area contributed by atoms with Crippen LogP contribution in [0, 0.1) is 13.8 Å². The van der Waals surface area contributed by atoms with Gasteiger partial charge in [-0.1, -0.05) is 17.7 Å². The second-order valence-electron chi connectivity index (χ2n) is 5.07. The fraction of sp³-hybridized carbons (Fsp3) is 0.400. The number of rotatable bonds is 4. The van der Waals surface area contributed by atoms with Crippen LogP contribution < -0.4 is 10.6 Å². The molecule has 2 N–H and O–H groups in total. The van der Waals surface area contributed by atoms with Gasteiger partial charge in [0, 0.05) is 6.04 Å². The van der Waals surface area contributed by atoms with Crippen LogP contribution in [-0.2, 0) is 9.53 Å². The Morgan fingerprint density at radius 1 is 1.19 bits per heavy atom. The number of carbonyl (C=O) groups excluding carboxylic acids is 3. The molecule has 6 heteroatoms. The molecule has 0 fully saturated rings. The molecule has 1 aromatic carbocycles. The third-order valence-corrected chi connectivity index (χ3v) is 2.62. The zero-order valence-electron chi connectivity index (χ0n) is 12.6. The van der Waals surface area contributed by atoms with Gasteiger partial charge in [0.15, 0.2) is 6.61 Å². The van der Waals surface area contributed by atoms with Gasteiger partial charge >= 0.3 is 12.0 Å². The maximum atomic E-state index is 11.9. The van der Waals surface area contributed by atoms with Crippen molar-refractivity contribution in [3.8, 4) is 0 Å². The van der Waals surface area contributed by atoms with Crippen molar-refractivity contribution < 1.29 is 19.1 Å². The van der Waals surface area contributed by atoms with E-state index in [1.807, 2.05) is 19.1 Å². The predicted octanol–water partition coefficient (Wildman–Crippen LogP) is 1.69. The molecule has 114 valence electrons. The summed E-state index contributed by atoms with van der Waals surface area (Å²) in [6, 6.07) is 4.69. The van der Waals surface area contributed by atoms with E-state index in [1.165, 1.54) is 0 Å². The molecule has 0 radical (unpaired) electrons. The normalized spacial score (nSPS) is 10.1. The van der Waals surface area contributed by atoms with E-state index in [-0.39, 0.29) is 6.04 Å². The number of imide groups is 1. The Morgan fingerprint density at radius 3 is 2.48 bits per heavy atom. The molecule has 0 spiro atoms. The molecule has 6 nitrogen and oxygen atoms in total. The minimum Gasteiger partial charge on any atom is -0.452 e. The Morgan fingerprint density at radius 2 is 1.86 bits per heavy atom. The minimum atomic E-state index is -0.674. The van der Waals surface area contributed by atoms with Crippen molar-refractivity contribution in [2.75, 3.05) is 6.61 Å². The van der Waals surface area contributed by atoms with Gasteiger partial charge < -0.3 is 10.1 Å². The number of urea groups is 1. The predicted molar refractivity (Wildman–Crippen MR) is 78.0 cm³/mol. The second-order valence-corrected chi connectivity index (χ2v) is 5.07. The third kappa shape index (κ3) is 5.64. The zero-order valence-corrected chi connectivity index (χ0v) is 12.6. The standard InChI is InChI=1S/C15H20N2O4/c1-9(2)16-15(20)17-13(18)8-21-14(19)12-7-10(3)5-6-11(12)4/h5-7,9H,8H2,1-4H3,(H2,16,17,18,20). The molecule has 1 rings (SSSR count). The summed E-state index contributed by atoms with van der Waals surface area (Å²) >= 11 is 0. The molecule has 0 saturated carbocycles. The Hall–Kier alpha value is -2.37. The minimum absolute atomic E-state index is 0.0877. The molecular weight excluding hydrogens is 272 g/mol. The second kappa shape index (κ2) is 7.42. The Balaban J connectivity index is 2.51. The van der Waals surface area contributed by atoms with Gasteiger partial charge in [0.05, 0.1) is 5.56 Å². The molecule has 0 heterocycles. The van der Waals surface area contributed by atoms with E-state index in [1.54, 1.807) is 26.8 Å². The summed E-state index contributed by atoms with van der Waals surface area (Å²) in [6.45, 7) is 6.68. The number of carbonyl (C=O) groups is 3. The van der Waals surface area contributed by atoms with E-state index in [9.17, 15) is 14.4 Å². The number of benzene rings is 1. The molecule has 21 heavy (non-hydrogen) atoms. The van der Waals surface area contributed by atoms with Crippen molar-refractivity contribution in [3.05, 3.63) is 34.9 Å². The van der Waals surface area contributed by atoms with E-state index in [0.717, 1.165) is 11.1 Å². The number of amides is 3. The molecule has 0 aliphatic heterocycles. The summed E-state index contributed by atoms with van der Waals surface area (Å²) in [6.07, 6.45) is 0. The van der Waals surface area contributed by atoms with E-state index in [2.05, 4.69) is 10.6 Å². The van der Waals surface area contributed by atoms with Crippen molar-refractivity contribution in [2.24, 2.45) is 0 Å². The summed E-state index contributed by atoms with van der Waals surface area (Å²) in [5, 5.41) is 4.58. The van der Waals surface area contributed by atoms with Gasteiger partial charge in [0.25, 0.3) is 5.91 Å². The number of aryl methyl sites for hydroxylation is 2. The van der Waals surface area contributed by atoms with Crippen LogP contribution in [0.1, 0.15) is 35.3 Å². The first-order valence-corrected chi connectivity index (χ1v) is 6.64. The highest BCUT2D eigenvalue weighted by Gasteiger charge is 2.14. The molecule has 0 aliphatic rings. The fourth-order valence-electron chi connectivity index (χ4n) is 1.63. The maximum absolute atomic E-state index is 11.9. The average Bonchev–Trinajstić information content (AvgIpc) is 2.37. The van der Waals surface area contributed by atoms with E-state index >= 15 is 0 Å². The molecule has 0 unspecified atom stereocenters. The third-order valence-electron chi connectivity index (χ3n) is 2.62. The lowest BCUT2D eigenvalue weighted by molar-refractivity contribution is -0.123. The van der Waals surface area contributed by atoms with Gasteiger partial charge in [-0.05, 0) is 39.3 Å². The van der Waals surface area contributed by atoms with E-state index in [0.29, 0.717) is 5.56 Å². The quantitative estimate of drug-likeness (QED) is 0.827. The van der Waals surface area contributed by atoms with Crippen molar-refractivity contribution in [1.29, 1.82) is 0 Å². The van der Waals surface area contributed by atoms with Crippen molar-refractivity contribution in [2.45, 2.75) is 33.7 Å². The number of hydrogen-bond donors (Lipinski definition) is 2. The van der Waals surface area contributed by atoms with Crippen molar-refractivity contribution >= 4 is 17.9 Å². The Labute approximate surface area is 123 Å². The van der Waals surface area contributed by atoms with Gasteiger partial charge in [-0.3, -0.25) is 10.1 Å². The maximum Gasteiger partial charge on any atom is 0.338 e. The number of hydrogen-bond acceptors (Lipinski definition) is 4. The van der Waals surface area contributed by atoms with Crippen LogP contribution in [-0.4, -0.2) is 30.6 Å². The Bertz CT molecular complexity index is 553. The fourth-order valence-corrected chi connectivity index (χ4v) is 1.63. The zero-order chi connectivity index (χ0) is 16.0. The van der Waals surface area contributed by atoms with Crippen LogP contribution >= 0.6 is 0 Å². The van der Waals surface area contributed by atoms with E-state index in [4.69, 9.17) is 4.74 Å². The highest BCUT2D eigenvalue weighted by Crippen LogP contribution is 2.11. The Kier molecular flexibility index (Phi) is 5.90. The first kappa shape index (κ1) is 16.7. The lowest BCUT2D eigenvalue weighted by atomic mass is 10.1. The molecule has 0 bridgehead atoms. The molecule has 3 amide bonds. The highest BCUT2D eigenvalue weighted by molar-refractivity contribution is 5.97. The average molecular weight is 292 g/mol. The summed E-state index contributed by atoms with van der Waals surface area (Å²) < 4.78 is 4.90. The number of esters is 1. The molecule has 0 atom stereocenters. The lowest BCUT2D eigenvalue weighted by Crippen LogP contribution is -2.44. The van der Waals surface area contributed by atoms with Crippen LogP contribution in [0.3, 0.4) is 0 Å². The number of nitrogens with one attached hydrogen (secondary N) is 2. The van der Waals surface area contributed by atoms with Crippen LogP contribution in [0.2, 0.25) is 0 Å². The van der Waals surface area contributed by atoms with Crippen LogP contribution in [0.5, 0.6) is 0 Å². The highest BCUT2D eigenvalue weighted by atomic mass is 16.5. The van der Waals surface area contributed by atoms with Crippen molar-refractivity contribution in [1.82, 2.24) is 10.6 Å². The lowest BCUT2D eigenvalue weighted by Gasteiger charge is -2.10. The van der Waals surface area contributed by atoms with Gasteiger partial charge in [-0.2, -0.15) is 0 Å². The summed E-state index contributed by atoms with van der Waals surface area (Å²) in [5.74, 6) is -1.26. The molecule has 0 aliphatic carbocycles. The first-order valence-electron chi connectivity index (χ1n) is 6.64. The van der Waals surface area contributed by atoms with Gasteiger partial charge in [-0.15, -0.1) is 0 Å². The summed E-state index contributed by atoms with van der Waals surface area (Å²) in [4.78, 5) is 34.7. The van der Waals surface area contributed by atoms with Gasteiger partial charge in [0.2, 0.25) is 0 Å². The number of ether oxygens (including phenoxy) is 1. The molecule has 1 aromatic rings. The first-order chi connectivity index (χ1) is 9.79. The van der Waals surface area contributed by atoms with Gasteiger partial charge in [0.1, 0.15) is 0 Å². The smallest absolute Gasteiger partial charge is 0.338 e. The molecular formula is C15H20N2O4. The van der Waals surface area contributed by atoms with E-state index < -0.39 is 24.5 Å². The largest absolute Gasteiger partial charge is 0.452 e. The van der Waals surface area contributed by atoms with Crippen LogP contribution in [0.15, 0.2) is 18.2 Å². The topological polar surface area (TPSA) is 84.5 Å². The SMILES string of the molecule is Cc1ccc(C)c(C(=O)OCC(=O)NC(=O)NC(C)C)c1. The van der Waals surface area contributed by atoms with Crippen LogP contribution in [0.25, 0.3) is 0 Å². The molecule has 0 aromatic heterocycles. The van der Waals surface area contributed by atoms with Crippen LogP contribution in [0.4, 0.5) is 4.79 Å². The van der Waals surface area contributed by atoms with Gasteiger partial charge in [-0.25, -0.2) is 9.59 Å². The van der Waals surface area contributed by atoms with Crippen molar-refractivity contribution in [3.63, 3.8) is 0 Å². The summed E-state index contributed by atoms with van der Waals surface area (Å²) in [7, 11) is 0. The monoisotopic (exact) mass is 292 g/mol.